The number of aryl methyl sites for hydroxylation is 1. The van der Waals surface area contributed by atoms with Crippen LogP contribution in [0, 0.1) is 6.92 Å². The summed E-state index contributed by atoms with van der Waals surface area (Å²) in [6.07, 6.45) is 9.74. The second-order valence-electron chi connectivity index (χ2n) is 9.14. The highest BCUT2D eigenvalue weighted by Crippen LogP contribution is 2.25. The fourth-order valence-electron chi connectivity index (χ4n) is 5.07. The molecular weight excluding hydrogens is 422 g/mol. The van der Waals surface area contributed by atoms with Crippen molar-refractivity contribution in [2.24, 2.45) is 0 Å². The molecule has 0 N–H and O–H groups in total. The molecule has 0 saturated heterocycles. The van der Waals surface area contributed by atoms with Crippen LogP contribution < -0.4 is 0 Å². The van der Waals surface area contributed by atoms with Crippen LogP contribution in [0.25, 0.3) is 22.2 Å². The van der Waals surface area contributed by atoms with Crippen molar-refractivity contribution in [2.75, 3.05) is 6.54 Å². The molecule has 0 bridgehead atoms. The summed E-state index contributed by atoms with van der Waals surface area (Å²) in [6.45, 7) is 3.26. The molecule has 2 heterocycles. The van der Waals surface area contributed by atoms with Gasteiger partial charge in [-0.1, -0.05) is 61.7 Å². The number of nitrogens with zero attached hydrogens (tertiary/aromatic N) is 5. The van der Waals surface area contributed by atoms with Crippen molar-refractivity contribution in [1.82, 2.24) is 24.6 Å². The molecular formula is C28H31N5O. The van der Waals surface area contributed by atoms with Gasteiger partial charge in [-0.15, -0.1) is 0 Å². The molecule has 6 nitrogen and oxygen atoms in total. The maximum absolute atomic E-state index is 13.7. The van der Waals surface area contributed by atoms with E-state index in [1.807, 2.05) is 35.9 Å². The van der Waals surface area contributed by atoms with Gasteiger partial charge in [0.05, 0.1) is 13.0 Å². The van der Waals surface area contributed by atoms with Crippen LogP contribution in [0.3, 0.4) is 0 Å². The van der Waals surface area contributed by atoms with Crippen LogP contribution in [0.4, 0.5) is 0 Å². The molecule has 1 amide bonds. The van der Waals surface area contributed by atoms with Gasteiger partial charge in [0, 0.05) is 30.5 Å². The molecule has 0 aliphatic heterocycles. The maximum atomic E-state index is 13.7. The minimum absolute atomic E-state index is 0.204. The lowest BCUT2D eigenvalue weighted by atomic mass is 9.93. The summed E-state index contributed by atoms with van der Waals surface area (Å²) in [5.74, 6) is 1.76. The van der Waals surface area contributed by atoms with Gasteiger partial charge in [-0.2, -0.15) is 5.10 Å². The topological polar surface area (TPSA) is 63.9 Å². The number of fused-ring (bicyclic) bond motifs is 1. The van der Waals surface area contributed by atoms with Crippen molar-refractivity contribution in [2.45, 2.75) is 58.0 Å². The monoisotopic (exact) mass is 453 g/mol. The Bertz CT molecular complexity index is 1260. The minimum atomic E-state index is 0.204. The first-order valence-electron chi connectivity index (χ1n) is 12.3. The van der Waals surface area contributed by atoms with E-state index in [0.29, 0.717) is 31.4 Å². The van der Waals surface area contributed by atoms with Crippen molar-refractivity contribution in [3.63, 3.8) is 0 Å². The molecule has 1 saturated carbocycles. The summed E-state index contributed by atoms with van der Waals surface area (Å²) in [6, 6.07) is 18.7. The molecule has 2 aromatic carbocycles. The molecule has 174 valence electrons. The minimum Gasteiger partial charge on any atom is -0.338 e. The lowest BCUT2D eigenvalue weighted by Crippen LogP contribution is -2.44. The quantitative estimate of drug-likeness (QED) is 0.386. The van der Waals surface area contributed by atoms with E-state index < -0.39 is 0 Å². The molecule has 1 aliphatic rings. The van der Waals surface area contributed by atoms with E-state index in [9.17, 15) is 4.79 Å². The third-order valence-electron chi connectivity index (χ3n) is 6.91. The summed E-state index contributed by atoms with van der Waals surface area (Å²) in [4.78, 5) is 24.5. The predicted molar refractivity (Wildman–Crippen MR) is 134 cm³/mol. The molecule has 4 aromatic rings. The van der Waals surface area contributed by atoms with E-state index in [0.717, 1.165) is 35.2 Å². The number of carbonyl (C=O) groups is 1. The predicted octanol–water partition coefficient (Wildman–Crippen LogP) is 5.21. The molecule has 0 atom stereocenters. The number of pyridine rings is 1. The molecule has 34 heavy (non-hydrogen) atoms. The molecule has 1 aliphatic carbocycles. The summed E-state index contributed by atoms with van der Waals surface area (Å²) < 4.78 is 1.93. The van der Waals surface area contributed by atoms with Crippen molar-refractivity contribution < 1.29 is 4.79 Å². The smallest absolute Gasteiger partial charge is 0.227 e. The Labute approximate surface area is 200 Å². The van der Waals surface area contributed by atoms with Crippen LogP contribution in [0.2, 0.25) is 0 Å². The number of amides is 1. The van der Waals surface area contributed by atoms with Crippen LogP contribution >= 0.6 is 0 Å². The normalized spacial score (nSPS) is 14.4. The van der Waals surface area contributed by atoms with Gasteiger partial charge in [0.15, 0.2) is 5.82 Å². The zero-order valence-electron chi connectivity index (χ0n) is 19.7. The zero-order chi connectivity index (χ0) is 23.3. The van der Waals surface area contributed by atoms with E-state index in [4.69, 9.17) is 5.10 Å². The molecule has 0 radical (unpaired) electrons. The Balaban J connectivity index is 1.35. The Morgan fingerprint density at radius 1 is 1.00 bits per heavy atom. The first kappa shape index (κ1) is 22.3. The second kappa shape index (κ2) is 10.2. The van der Waals surface area contributed by atoms with Gasteiger partial charge >= 0.3 is 0 Å². The van der Waals surface area contributed by atoms with E-state index >= 15 is 0 Å². The van der Waals surface area contributed by atoms with E-state index in [-0.39, 0.29) is 5.91 Å². The highest BCUT2D eigenvalue weighted by molar-refractivity contribution is 5.90. The van der Waals surface area contributed by atoms with Crippen LogP contribution in [0.5, 0.6) is 0 Å². The fourth-order valence-corrected chi connectivity index (χ4v) is 5.07. The van der Waals surface area contributed by atoms with E-state index in [1.54, 1.807) is 12.4 Å². The lowest BCUT2D eigenvalue weighted by molar-refractivity contribution is -0.133. The zero-order valence-corrected chi connectivity index (χ0v) is 19.7. The van der Waals surface area contributed by atoms with Crippen molar-refractivity contribution >= 4 is 16.7 Å². The first-order valence-corrected chi connectivity index (χ1v) is 12.3. The lowest BCUT2D eigenvalue weighted by Gasteiger charge is -2.34. The third kappa shape index (κ3) is 4.86. The largest absolute Gasteiger partial charge is 0.338 e. The van der Waals surface area contributed by atoms with Crippen molar-refractivity contribution in [1.29, 1.82) is 0 Å². The average Bonchev–Trinajstić information content (AvgIpc) is 3.26. The molecule has 2 aromatic heterocycles. The van der Waals surface area contributed by atoms with Crippen LogP contribution in [0.1, 0.15) is 43.5 Å². The molecule has 6 heteroatoms. The highest BCUT2D eigenvalue weighted by Gasteiger charge is 2.26. The highest BCUT2D eigenvalue weighted by atomic mass is 16.2. The summed E-state index contributed by atoms with van der Waals surface area (Å²) >= 11 is 0. The number of benzene rings is 2. The number of rotatable bonds is 7. The molecule has 5 rings (SSSR count). The van der Waals surface area contributed by atoms with Gasteiger partial charge in [-0.05, 0) is 48.2 Å². The van der Waals surface area contributed by atoms with Crippen LogP contribution in [-0.4, -0.2) is 43.1 Å². The van der Waals surface area contributed by atoms with Gasteiger partial charge < -0.3 is 4.90 Å². The summed E-state index contributed by atoms with van der Waals surface area (Å²) in [5, 5.41) is 7.06. The molecule has 0 spiro atoms. The standard InChI is InChI=1S/C28H31N5O/c1-21-30-28(23-14-16-29-17-15-23)31-33(21)19-18-32(25-11-3-2-4-12-25)27(34)20-24-10-7-9-22-8-5-6-13-26(22)24/h5-10,13-17,25H,2-4,11-12,18-20H2,1H3. The third-order valence-corrected chi connectivity index (χ3v) is 6.91. The van der Waals surface area contributed by atoms with Gasteiger partial charge in [0.1, 0.15) is 5.82 Å². The number of carbonyl (C=O) groups excluding carboxylic acids is 1. The maximum Gasteiger partial charge on any atom is 0.227 e. The van der Waals surface area contributed by atoms with Gasteiger partial charge in [-0.3, -0.25) is 9.78 Å². The second-order valence-corrected chi connectivity index (χ2v) is 9.14. The first-order chi connectivity index (χ1) is 16.7. The van der Waals surface area contributed by atoms with Crippen molar-refractivity contribution in [3.8, 4) is 11.4 Å². The van der Waals surface area contributed by atoms with Crippen LogP contribution in [0.15, 0.2) is 67.0 Å². The van der Waals surface area contributed by atoms with Crippen molar-refractivity contribution in [3.05, 3.63) is 78.4 Å². The van der Waals surface area contributed by atoms with Gasteiger partial charge in [0.2, 0.25) is 5.91 Å². The number of hydrogen-bond donors (Lipinski definition) is 0. The SMILES string of the molecule is Cc1nc(-c2ccncc2)nn1CCN(C(=O)Cc1cccc2ccccc12)C1CCCCC1. The van der Waals surface area contributed by atoms with Gasteiger partial charge in [0.25, 0.3) is 0 Å². The van der Waals surface area contributed by atoms with Gasteiger partial charge in [-0.25, -0.2) is 9.67 Å². The molecule has 1 fully saturated rings. The van der Waals surface area contributed by atoms with E-state index in [2.05, 4.69) is 45.2 Å². The fraction of sp³-hybridized carbons (Fsp3) is 0.357. The number of hydrogen-bond acceptors (Lipinski definition) is 4. The van der Waals surface area contributed by atoms with Crippen LogP contribution in [-0.2, 0) is 17.8 Å². The van der Waals surface area contributed by atoms with E-state index in [1.165, 1.54) is 24.6 Å². The summed E-state index contributed by atoms with van der Waals surface area (Å²) in [5.41, 5.74) is 2.05. The number of aromatic nitrogens is 4. The molecule has 0 unspecified atom stereocenters. The summed E-state index contributed by atoms with van der Waals surface area (Å²) in [7, 11) is 0. The Morgan fingerprint density at radius 2 is 1.76 bits per heavy atom. The average molecular weight is 454 g/mol. The Hall–Kier alpha value is -3.54. The Kier molecular flexibility index (Phi) is 6.65. The Morgan fingerprint density at radius 3 is 2.59 bits per heavy atom.